The van der Waals surface area contributed by atoms with Gasteiger partial charge in [-0.15, -0.1) is 0 Å². The molecule has 2 bridgehead atoms. The van der Waals surface area contributed by atoms with Crippen LogP contribution in [-0.2, 0) is 18.6 Å². The van der Waals surface area contributed by atoms with Crippen molar-refractivity contribution in [1.29, 1.82) is 0 Å². The molecule has 9 heteroatoms. The van der Waals surface area contributed by atoms with Crippen LogP contribution in [0, 0.1) is 11.7 Å². The molecule has 0 saturated heterocycles. The van der Waals surface area contributed by atoms with Gasteiger partial charge in [-0.25, -0.2) is 9.37 Å². The Morgan fingerprint density at radius 3 is 2.43 bits per heavy atom. The second-order valence-electron chi connectivity index (χ2n) is 9.20. The lowest BCUT2D eigenvalue weighted by Gasteiger charge is -2.37. The number of hydrogen-bond acceptors (Lipinski definition) is 5. The highest BCUT2D eigenvalue weighted by Crippen LogP contribution is 2.43. The quantitative estimate of drug-likeness (QED) is 0.524. The molecular weight excluding hydrogens is 451 g/mol. The summed E-state index contributed by atoms with van der Waals surface area (Å²) in [5.41, 5.74) is -0.885. The fourth-order valence-electron chi connectivity index (χ4n) is 5.00. The number of nitrogens with one attached hydrogen (secondary N) is 2. The number of aromatic hydroxyl groups is 1. The van der Waals surface area contributed by atoms with Gasteiger partial charge in [0.25, 0.3) is 17.4 Å². The normalized spacial score (nSPS) is 20.5. The zero-order chi connectivity index (χ0) is 24.6. The van der Waals surface area contributed by atoms with E-state index in [1.807, 2.05) is 6.07 Å². The van der Waals surface area contributed by atoms with E-state index in [9.17, 15) is 23.9 Å². The van der Waals surface area contributed by atoms with Crippen LogP contribution in [0.4, 0.5) is 4.39 Å². The third kappa shape index (κ3) is 4.29. The third-order valence-electron chi connectivity index (χ3n) is 6.94. The molecule has 1 aromatic heterocycles. The van der Waals surface area contributed by atoms with Gasteiger partial charge in [0, 0.05) is 18.7 Å². The van der Waals surface area contributed by atoms with Gasteiger partial charge >= 0.3 is 0 Å². The van der Waals surface area contributed by atoms with Crippen molar-refractivity contribution < 1.29 is 19.1 Å². The lowest BCUT2D eigenvalue weighted by molar-refractivity contribution is 0.0850. The molecule has 0 unspecified atom stereocenters. The largest absolute Gasteiger partial charge is 0.501 e. The van der Waals surface area contributed by atoms with Crippen LogP contribution >= 0.6 is 0 Å². The maximum atomic E-state index is 13.2. The van der Waals surface area contributed by atoms with Crippen molar-refractivity contribution in [3.8, 4) is 5.75 Å². The Bertz CT molecular complexity index is 1330. The van der Waals surface area contributed by atoms with E-state index in [-0.39, 0.29) is 29.9 Å². The summed E-state index contributed by atoms with van der Waals surface area (Å²) in [7, 11) is 0. The van der Waals surface area contributed by atoms with Crippen molar-refractivity contribution in [2.24, 2.45) is 5.92 Å². The van der Waals surface area contributed by atoms with Crippen LogP contribution in [0.1, 0.15) is 57.9 Å². The summed E-state index contributed by atoms with van der Waals surface area (Å²) in [5, 5.41) is 16.3. The molecule has 2 amide bonds. The lowest BCUT2D eigenvalue weighted by Crippen LogP contribution is -2.49. The van der Waals surface area contributed by atoms with Crippen LogP contribution in [0.25, 0.3) is 0 Å². The van der Waals surface area contributed by atoms with Gasteiger partial charge in [0.15, 0.2) is 5.69 Å². The summed E-state index contributed by atoms with van der Waals surface area (Å²) in [6, 6.07) is 14.4. The molecule has 1 aliphatic carbocycles. The Hall–Kier alpha value is -4.01. The summed E-state index contributed by atoms with van der Waals surface area (Å²) >= 11 is 0. The number of benzene rings is 2. The monoisotopic (exact) mass is 476 g/mol. The van der Waals surface area contributed by atoms with E-state index < -0.39 is 28.6 Å². The van der Waals surface area contributed by atoms with Crippen LogP contribution in [0.2, 0.25) is 0 Å². The molecule has 1 fully saturated rings. The Morgan fingerprint density at radius 2 is 1.74 bits per heavy atom. The second kappa shape index (κ2) is 8.98. The molecule has 1 saturated carbocycles. The SMILES string of the molecule is O=C(NC12CCC(CC1)Cn1c2nc(C(=O)NCc2ccc(F)cc2)c(O)c1=O)c1ccccc1. The van der Waals surface area contributed by atoms with Crippen LogP contribution in [-0.4, -0.2) is 26.5 Å². The summed E-state index contributed by atoms with van der Waals surface area (Å²) in [5.74, 6) is -1.63. The molecule has 0 atom stereocenters. The second-order valence-corrected chi connectivity index (χ2v) is 9.20. The van der Waals surface area contributed by atoms with Crippen LogP contribution < -0.4 is 16.2 Å². The standard InChI is InChI=1S/C26H25FN4O4/c27-19-8-6-16(7-9-19)14-28-23(34)20-21(32)24(35)31-15-17-10-12-26(13-11-17,25(31)29-20)30-22(33)18-4-2-1-3-5-18/h1-9,17,32H,10-15H2,(H,28,34)(H,30,33). The topological polar surface area (TPSA) is 113 Å². The van der Waals surface area contributed by atoms with E-state index in [4.69, 9.17) is 0 Å². The van der Waals surface area contributed by atoms with Crippen molar-refractivity contribution in [1.82, 2.24) is 20.2 Å². The highest BCUT2D eigenvalue weighted by Gasteiger charge is 2.46. The molecule has 180 valence electrons. The van der Waals surface area contributed by atoms with Crippen molar-refractivity contribution in [2.45, 2.75) is 44.3 Å². The smallest absolute Gasteiger partial charge is 0.296 e. The van der Waals surface area contributed by atoms with Crippen molar-refractivity contribution >= 4 is 11.8 Å². The molecule has 3 heterocycles. The number of aromatic nitrogens is 2. The van der Waals surface area contributed by atoms with E-state index >= 15 is 0 Å². The predicted molar refractivity (Wildman–Crippen MR) is 125 cm³/mol. The van der Waals surface area contributed by atoms with Crippen LogP contribution in [0.15, 0.2) is 59.4 Å². The number of halogens is 1. The van der Waals surface area contributed by atoms with Crippen molar-refractivity contribution in [2.75, 3.05) is 0 Å². The van der Waals surface area contributed by atoms with E-state index in [0.29, 0.717) is 30.5 Å². The molecular formula is C26H25FN4O4. The molecule has 2 aliphatic heterocycles. The molecule has 35 heavy (non-hydrogen) atoms. The molecule has 3 N–H and O–H groups in total. The average Bonchev–Trinajstić information content (AvgIpc) is 3.12. The summed E-state index contributed by atoms with van der Waals surface area (Å²) < 4.78 is 14.6. The number of amides is 2. The minimum absolute atomic E-state index is 0.0661. The zero-order valence-electron chi connectivity index (χ0n) is 19.0. The highest BCUT2D eigenvalue weighted by molar-refractivity contribution is 5.95. The lowest BCUT2D eigenvalue weighted by atomic mass is 9.77. The first-order valence-corrected chi connectivity index (χ1v) is 11.6. The molecule has 3 aliphatic rings. The van der Waals surface area contributed by atoms with Crippen LogP contribution in [0.3, 0.4) is 0 Å². The van der Waals surface area contributed by atoms with Crippen molar-refractivity contribution in [3.05, 3.63) is 93.4 Å². The Balaban J connectivity index is 1.50. The van der Waals surface area contributed by atoms with Crippen molar-refractivity contribution in [3.63, 3.8) is 0 Å². The van der Waals surface area contributed by atoms with Gasteiger partial charge < -0.3 is 15.7 Å². The van der Waals surface area contributed by atoms with E-state index in [1.165, 1.54) is 28.8 Å². The number of carbonyl (C=O) groups is 2. The fourth-order valence-corrected chi connectivity index (χ4v) is 5.00. The Labute approximate surface area is 200 Å². The number of hydrogen-bond donors (Lipinski definition) is 3. The predicted octanol–water partition coefficient (Wildman–Crippen LogP) is 2.85. The van der Waals surface area contributed by atoms with E-state index in [1.54, 1.807) is 24.3 Å². The Kier molecular flexibility index (Phi) is 5.84. The van der Waals surface area contributed by atoms with Gasteiger partial charge in [-0.2, -0.15) is 0 Å². The first kappa shape index (κ1) is 22.8. The number of fused-ring (bicyclic) bond motifs is 2. The molecule has 0 radical (unpaired) electrons. The molecule has 6 rings (SSSR count). The minimum atomic E-state index is -0.932. The first-order valence-electron chi connectivity index (χ1n) is 11.6. The molecule has 0 spiro atoms. The van der Waals surface area contributed by atoms with Crippen LogP contribution in [0.5, 0.6) is 5.75 Å². The van der Waals surface area contributed by atoms with E-state index in [2.05, 4.69) is 15.6 Å². The zero-order valence-corrected chi connectivity index (χ0v) is 19.0. The van der Waals surface area contributed by atoms with Gasteiger partial charge in [0.1, 0.15) is 11.6 Å². The summed E-state index contributed by atoms with van der Waals surface area (Å²) in [4.78, 5) is 43.7. The maximum absolute atomic E-state index is 13.2. The van der Waals surface area contributed by atoms with Gasteiger partial charge in [-0.05, 0) is 61.4 Å². The van der Waals surface area contributed by atoms with Gasteiger partial charge in [-0.3, -0.25) is 19.0 Å². The number of nitrogens with zero attached hydrogens (tertiary/aromatic N) is 2. The van der Waals surface area contributed by atoms with Gasteiger partial charge in [0.2, 0.25) is 5.75 Å². The minimum Gasteiger partial charge on any atom is -0.501 e. The first-order chi connectivity index (χ1) is 16.9. The third-order valence-corrected chi connectivity index (χ3v) is 6.94. The fraction of sp³-hybridized carbons (Fsp3) is 0.308. The molecule has 3 aromatic rings. The number of carbonyl (C=O) groups excluding carboxylic acids is 2. The van der Waals surface area contributed by atoms with E-state index in [0.717, 1.165) is 12.8 Å². The number of rotatable bonds is 5. The summed E-state index contributed by atoms with van der Waals surface area (Å²) in [6.07, 6.45) is 2.71. The highest BCUT2D eigenvalue weighted by atomic mass is 19.1. The average molecular weight is 477 g/mol. The Morgan fingerprint density at radius 1 is 1.06 bits per heavy atom. The molecule has 8 nitrogen and oxygen atoms in total. The molecule has 2 aromatic carbocycles. The van der Waals surface area contributed by atoms with Gasteiger partial charge in [0.05, 0.1) is 5.54 Å². The maximum Gasteiger partial charge on any atom is 0.296 e. The summed E-state index contributed by atoms with van der Waals surface area (Å²) in [6.45, 7) is 0.436. The van der Waals surface area contributed by atoms with Gasteiger partial charge in [-0.1, -0.05) is 30.3 Å².